The molecule has 0 heterocycles. The van der Waals surface area contributed by atoms with Gasteiger partial charge >= 0.3 is 18.1 Å². The quantitative estimate of drug-likeness (QED) is 0.598. The highest BCUT2D eigenvalue weighted by Gasteiger charge is 2.53. The van der Waals surface area contributed by atoms with Crippen molar-refractivity contribution in [3.63, 3.8) is 0 Å². The zero-order chi connectivity index (χ0) is 20.2. The van der Waals surface area contributed by atoms with E-state index in [4.69, 9.17) is 20.4 Å². The van der Waals surface area contributed by atoms with Gasteiger partial charge in [0.05, 0.1) is 18.1 Å². The molecule has 0 bridgehead atoms. The van der Waals surface area contributed by atoms with Crippen molar-refractivity contribution in [1.29, 1.82) is 0 Å². The summed E-state index contributed by atoms with van der Waals surface area (Å²) in [6.45, 7) is 1.22. The summed E-state index contributed by atoms with van der Waals surface area (Å²) in [4.78, 5) is 21.6. The summed E-state index contributed by atoms with van der Waals surface area (Å²) in [6, 6.07) is 0. The molecule has 6 nitrogen and oxygen atoms in total. The summed E-state index contributed by atoms with van der Waals surface area (Å²) < 4.78 is 36.2. The summed E-state index contributed by atoms with van der Waals surface area (Å²) in [7, 11) is 0. The lowest BCUT2D eigenvalue weighted by Gasteiger charge is -2.33. The third-order valence-corrected chi connectivity index (χ3v) is 4.76. The van der Waals surface area contributed by atoms with E-state index in [1.165, 1.54) is 12.2 Å². The molecule has 0 amide bonds. The van der Waals surface area contributed by atoms with Crippen molar-refractivity contribution < 1.29 is 43.2 Å². The van der Waals surface area contributed by atoms with Crippen LogP contribution in [-0.4, -0.2) is 50.7 Å². The summed E-state index contributed by atoms with van der Waals surface area (Å²) >= 11 is 0. The number of carbonyl (C=O) groups is 2. The number of aliphatic carboxylic acids is 2. The van der Waals surface area contributed by atoms with Crippen LogP contribution in [0.2, 0.25) is 0 Å². The van der Waals surface area contributed by atoms with E-state index in [2.05, 4.69) is 0 Å². The van der Waals surface area contributed by atoms with Crippen LogP contribution in [0.3, 0.4) is 0 Å². The van der Waals surface area contributed by atoms with Gasteiger partial charge in [0.1, 0.15) is 0 Å². The van der Waals surface area contributed by atoms with Crippen molar-refractivity contribution in [1.82, 2.24) is 0 Å². The second-order valence-electron chi connectivity index (χ2n) is 6.83. The first-order valence-corrected chi connectivity index (χ1v) is 8.13. The van der Waals surface area contributed by atoms with Gasteiger partial charge in [-0.2, -0.15) is 13.2 Å². The molecule has 2 rings (SSSR count). The molecular weight excluding hydrogens is 357 g/mol. The average Bonchev–Trinajstić information content (AvgIpc) is 2.55. The van der Waals surface area contributed by atoms with Crippen LogP contribution in [0.4, 0.5) is 13.2 Å². The van der Waals surface area contributed by atoms with Gasteiger partial charge in [-0.1, -0.05) is 44.4 Å². The van der Waals surface area contributed by atoms with E-state index in [0.29, 0.717) is 12.8 Å². The normalized spacial score (nSPS) is 27.8. The van der Waals surface area contributed by atoms with Gasteiger partial charge in [-0.05, 0) is 12.8 Å². The minimum atomic E-state index is -4.44. The van der Waals surface area contributed by atoms with Crippen molar-refractivity contribution in [3.05, 3.63) is 23.8 Å². The number of aliphatic hydroxyl groups excluding tert-OH is 1. The van der Waals surface area contributed by atoms with Crippen molar-refractivity contribution in [3.8, 4) is 0 Å². The molecule has 0 aromatic rings. The Morgan fingerprint density at radius 3 is 2.08 bits per heavy atom. The fraction of sp³-hybridized carbons (Fsp3) is 0.647. The lowest BCUT2D eigenvalue weighted by Crippen LogP contribution is -2.46. The molecule has 0 aliphatic heterocycles. The van der Waals surface area contributed by atoms with Crippen molar-refractivity contribution in [2.45, 2.75) is 50.8 Å². The molecule has 2 unspecified atom stereocenters. The van der Waals surface area contributed by atoms with E-state index >= 15 is 0 Å². The maximum absolute atomic E-state index is 12.1. The van der Waals surface area contributed by atoms with Crippen LogP contribution in [0.1, 0.15) is 39.0 Å². The monoisotopic (exact) mass is 380 g/mol. The Labute approximate surface area is 148 Å². The zero-order valence-corrected chi connectivity index (χ0v) is 14.3. The molecule has 4 N–H and O–H groups in total. The number of carboxylic acids is 2. The summed E-state index contributed by atoms with van der Waals surface area (Å²) in [6.07, 6.45) is 0.971. The maximum atomic E-state index is 12.1. The number of carboxylic acid groups (broad SMARTS) is 2. The van der Waals surface area contributed by atoms with Crippen LogP contribution in [0, 0.1) is 11.3 Å². The van der Waals surface area contributed by atoms with Crippen LogP contribution in [-0.2, 0) is 9.59 Å². The molecule has 2 aliphatic rings. The Bertz CT molecular complexity index is 590. The number of halogens is 3. The van der Waals surface area contributed by atoms with Crippen molar-refractivity contribution in [2.75, 3.05) is 6.61 Å². The van der Waals surface area contributed by atoms with Crippen molar-refractivity contribution >= 4 is 11.9 Å². The maximum Gasteiger partial charge on any atom is 0.417 e. The van der Waals surface area contributed by atoms with Gasteiger partial charge in [-0.15, -0.1) is 0 Å². The number of hydrogen-bond acceptors (Lipinski definition) is 4. The van der Waals surface area contributed by atoms with Gasteiger partial charge in [-0.25, -0.2) is 4.79 Å². The lowest BCUT2D eigenvalue weighted by molar-refractivity contribution is -0.269. The van der Waals surface area contributed by atoms with Crippen LogP contribution >= 0.6 is 0 Å². The highest BCUT2D eigenvalue weighted by atomic mass is 19.4. The molecule has 0 aromatic carbocycles. The van der Waals surface area contributed by atoms with E-state index in [-0.39, 0.29) is 25.0 Å². The SMILES string of the molecule is CC1(CO)C=CC(C(=O)O)=CC1C(=O)O.OC1(C(F)(F)F)CCCCC1. The molecule has 0 radical (unpaired) electrons. The Morgan fingerprint density at radius 1 is 1.19 bits per heavy atom. The Morgan fingerprint density at radius 2 is 1.73 bits per heavy atom. The second kappa shape index (κ2) is 8.22. The van der Waals surface area contributed by atoms with Crippen LogP contribution in [0.15, 0.2) is 23.8 Å². The minimum Gasteiger partial charge on any atom is -0.481 e. The first kappa shape index (κ1) is 22.2. The predicted molar refractivity (Wildman–Crippen MR) is 85.3 cm³/mol. The van der Waals surface area contributed by atoms with E-state index < -0.39 is 35.0 Å². The Balaban J connectivity index is 0.000000273. The molecular formula is C17H23F3O6. The fourth-order valence-electron chi connectivity index (χ4n) is 2.88. The number of alkyl halides is 3. The molecule has 0 spiro atoms. The number of aliphatic hydroxyl groups is 2. The molecule has 2 aliphatic carbocycles. The third-order valence-electron chi connectivity index (χ3n) is 4.76. The van der Waals surface area contributed by atoms with Gasteiger partial charge in [0.2, 0.25) is 0 Å². The average molecular weight is 380 g/mol. The predicted octanol–water partition coefficient (Wildman–Crippen LogP) is 2.51. The van der Waals surface area contributed by atoms with Crippen LogP contribution in [0.5, 0.6) is 0 Å². The molecule has 0 saturated heterocycles. The standard InChI is InChI=1S/C10H12O5.C7H11F3O/c1-10(5-11)3-2-6(8(12)13)4-7(10)9(14)15;8-7(9,10)6(11)4-2-1-3-5-6/h2-4,7,11H,5H2,1H3,(H,12,13)(H,14,15);11H,1-5H2. The highest BCUT2D eigenvalue weighted by Crippen LogP contribution is 2.41. The topological polar surface area (TPSA) is 115 Å². The summed E-state index contributed by atoms with van der Waals surface area (Å²) in [5, 5.41) is 35.8. The molecule has 148 valence electrons. The lowest BCUT2D eigenvalue weighted by atomic mass is 9.73. The third kappa shape index (κ3) is 5.07. The summed E-state index contributed by atoms with van der Waals surface area (Å²) in [5.41, 5.74) is -3.39. The van der Waals surface area contributed by atoms with Gasteiger partial charge in [0, 0.05) is 5.41 Å². The molecule has 1 saturated carbocycles. The van der Waals surface area contributed by atoms with Gasteiger partial charge in [0.15, 0.2) is 5.60 Å². The second-order valence-corrected chi connectivity index (χ2v) is 6.83. The molecule has 26 heavy (non-hydrogen) atoms. The number of hydrogen-bond donors (Lipinski definition) is 4. The smallest absolute Gasteiger partial charge is 0.417 e. The van der Waals surface area contributed by atoms with Crippen LogP contribution < -0.4 is 0 Å². The fourth-order valence-corrected chi connectivity index (χ4v) is 2.88. The van der Waals surface area contributed by atoms with Crippen LogP contribution in [0.25, 0.3) is 0 Å². The Hall–Kier alpha value is -1.87. The van der Waals surface area contributed by atoms with Gasteiger partial charge in [-0.3, -0.25) is 4.79 Å². The van der Waals surface area contributed by atoms with E-state index in [1.807, 2.05) is 0 Å². The zero-order valence-electron chi connectivity index (χ0n) is 14.3. The van der Waals surface area contributed by atoms with E-state index in [1.54, 1.807) is 6.92 Å². The minimum absolute atomic E-state index is 0.0617. The molecule has 2 atom stereocenters. The van der Waals surface area contributed by atoms with Gasteiger partial charge in [0.25, 0.3) is 0 Å². The first-order chi connectivity index (χ1) is 11.9. The molecule has 0 aromatic heterocycles. The largest absolute Gasteiger partial charge is 0.481 e. The van der Waals surface area contributed by atoms with Crippen molar-refractivity contribution in [2.24, 2.45) is 11.3 Å². The van der Waals surface area contributed by atoms with E-state index in [0.717, 1.165) is 12.5 Å². The Kier molecular flexibility index (Phi) is 7.01. The molecule has 9 heteroatoms. The molecule has 1 fully saturated rings. The van der Waals surface area contributed by atoms with Gasteiger partial charge < -0.3 is 20.4 Å². The first-order valence-electron chi connectivity index (χ1n) is 8.13. The number of rotatable bonds is 3. The summed E-state index contributed by atoms with van der Waals surface area (Å²) in [5.74, 6) is -3.33. The highest BCUT2D eigenvalue weighted by molar-refractivity contribution is 5.92. The van der Waals surface area contributed by atoms with E-state index in [9.17, 15) is 22.8 Å².